The number of phenolic OH excluding ortho intramolecular Hbond substituents is 5. The highest BCUT2D eigenvalue weighted by Gasteiger charge is 2.28. The number of aromatic hydroxyl groups is 5. The first-order valence-electron chi connectivity index (χ1n) is 26.7. The van der Waals surface area contributed by atoms with Crippen molar-refractivity contribution in [2.24, 2.45) is 0 Å². The molecule has 0 spiro atoms. The van der Waals surface area contributed by atoms with E-state index in [1.54, 1.807) is 4.57 Å². The molecule has 0 aliphatic rings. The van der Waals surface area contributed by atoms with Gasteiger partial charge in [0.15, 0.2) is 11.5 Å². The van der Waals surface area contributed by atoms with Crippen LogP contribution in [0.5, 0.6) is 28.7 Å². The van der Waals surface area contributed by atoms with Crippen LogP contribution in [0.2, 0.25) is 0 Å². The van der Waals surface area contributed by atoms with E-state index in [4.69, 9.17) is 0 Å². The zero-order valence-electron chi connectivity index (χ0n) is 43.0. The number of nitrogens with zero attached hydrogens (tertiary/aromatic N) is 2. The highest BCUT2D eigenvalue weighted by atomic mass is 32.1. The molecule has 0 bridgehead atoms. The van der Waals surface area contributed by atoms with E-state index >= 15 is 0 Å². The molecule has 16 rings (SSSR count). The standard InChI is InChI=1S/C72H44N2O5S2/c75-65-64(66(76)68(78)69(79)67(65)77)74-60-33-29-43(38-59(60)63-49-17-6-4-13-40(49)28-34-61(63)74)44-35-45(57-39-58-56-32-27-41-14-5-7-18-50(41)71(56)81-72(58)54-21-9-8-19-52(54)57)37-48(36-44)73(46-15-2-1-3-16-46)47-30-25-42(26-31-47)51-22-12-23-55-53-20-10-11-24-62(53)80-70(51)55/h1-39,75-79H. The van der Waals surface area contributed by atoms with E-state index in [2.05, 4.69) is 187 Å². The lowest BCUT2D eigenvalue weighted by Gasteiger charge is -2.27. The lowest BCUT2D eigenvalue weighted by Crippen LogP contribution is -2.10. The van der Waals surface area contributed by atoms with Crippen LogP contribution >= 0.6 is 22.7 Å². The Morgan fingerprint density at radius 2 is 0.864 bits per heavy atom. The largest absolute Gasteiger partial charge is 0.503 e. The molecule has 384 valence electrons. The van der Waals surface area contributed by atoms with Gasteiger partial charge < -0.3 is 35.0 Å². The quantitative estimate of drug-likeness (QED) is 0.0804. The summed E-state index contributed by atoms with van der Waals surface area (Å²) in [5, 5.41) is 68.6. The van der Waals surface area contributed by atoms with E-state index in [1.807, 2.05) is 77.3 Å². The van der Waals surface area contributed by atoms with Gasteiger partial charge in [0.25, 0.3) is 0 Å². The van der Waals surface area contributed by atoms with E-state index < -0.39 is 28.7 Å². The first-order chi connectivity index (χ1) is 39.8. The van der Waals surface area contributed by atoms with Crippen LogP contribution in [0.15, 0.2) is 237 Å². The second kappa shape index (κ2) is 17.9. The molecule has 5 N–H and O–H groups in total. The molecule has 3 heterocycles. The molecular weight excluding hydrogens is 1040 g/mol. The molecule has 0 amide bonds. The molecule has 0 saturated heterocycles. The zero-order chi connectivity index (χ0) is 54.2. The van der Waals surface area contributed by atoms with Gasteiger partial charge in [0, 0.05) is 73.6 Å². The Kier molecular flexibility index (Phi) is 10.3. The molecule has 13 aromatic carbocycles. The van der Waals surface area contributed by atoms with Crippen molar-refractivity contribution in [1.29, 1.82) is 0 Å². The predicted octanol–water partition coefficient (Wildman–Crippen LogP) is 20.0. The summed E-state index contributed by atoms with van der Waals surface area (Å²) >= 11 is 3.68. The summed E-state index contributed by atoms with van der Waals surface area (Å²) in [7, 11) is 0. The van der Waals surface area contributed by atoms with Crippen molar-refractivity contribution >= 4 is 134 Å². The molecule has 0 radical (unpaired) electrons. The molecule has 0 saturated carbocycles. The number of hydrogen-bond donors (Lipinski definition) is 5. The third-order valence-corrected chi connectivity index (χ3v) is 18.8. The first kappa shape index (κ1) is 46.7. The maximum Gasteiger partial charge on any atom is 0.208 e. The molecular formula is C72H44N2O5S2. The van der Waals surface area contributed by atoms with Crippen LogP contribution in [0.1, 0.15) is 0 Å². The van der Waals surface area contributed by atoms with Crippen LogP contribution in [-0.2, 0) is 0 Å². The van der Waals surface area contributed by atoms with Gasteiger partial charge in [-0.3, -0.25) is 0 Å². The number of thiophene rings is 2. The lowest BCUT2D eigenvalue weighted by atomic mass is 9.92. The van der Waals surface area contributed by atoms with E-state index in [9.17, 15) is 25.5 Å². The van der Waals surface area contributed by atoms with Crippen molar-refractivity contribution in [2.75, 3.05) is 4.90 Å². The number of rotatable bonds is 7. The van der Waals surface area contributed by atoms with Gasteiger partial charge in [-0.1, -0.05) is 164 Å². The molecule has 0 unspecified atom stereocenters. The molecule has 0 fully saturated rings. The second-order valence-corrected chi connectivity index (χ2v) is 22.8. The Morgan fingerprint density at radius 3 is 1.65 bits per heavy atom. The fraction of sp³-hybridized carbons (Fsp3) is 0. The number of hydrogen-bond acceptors (Lipinski definition) is 8. The first-order valence-corrected chi connectivity index (χ1v) is 28.3. The SMILES string of the molecule is Oc1c(O)c(O)c(-n2c3ccc(-c4cc(-c5cc6c7ccc8ccccc8c7sc6c6ccccc56)cc(N(c5ccccc5)c5ccc(-c6cccc7c6sc6ccccc67)cc5)c4)cc3c3c4ccccc4ccc32)c(O)c1O. The summed E-state index contributed by atoms with van der Waals surface area (Å²) in [5.41, 5.74) is 10.1. The van der Waals surface area contributed by atoms with Crippen molar-refractivity contribution in [3.63, 3.8) is 0 Å². The van der Waals surface area contributed by atoms with Gasteiger partial charge in [0.05, 0.1) is 11.0 Å². The third-order valence-electron chi connectivity index (χ3n) is 16.3. The Labute approximate surface area is 470 Å². The zero-order valence-corrected chi connectivity index (χ0v) is 44.6. The summed E-state index contributed by atoms with van der Waals surface area (Å²) in [4.78, 5) is 2.33. The Bertz CT molecular complexity index is 5280. The van der Waals surface area contributed by atoms with E-state index in [-0.39, 0.29) is 5.69 Å². The topological polar surface area (TPSA) is 109 Å². The van der Waals surface area contributed by atoms with Crippen LogP contribution in [0, 0.1) is 0 Å². The second-order valence-electron chi connectivity index (χ2n) is 20.7. The number of aromatic nitrogens is 1. The van der Waals surface area contributed by atoms with Crippen LogP contribution in [-0.4, -0.2) is 30.1 Å². The van der Waals surface area contributed by atoms with Crippen molar-refractivity contribution < 1.29 is 25.5 Å². The maximum absolute atomic E-state index is 11.5. The highest BCUT2D eigenvalue weighted by Crippen LogP contribution is 2.55. The molecule has 16 aromatic rings. The fourth-order valence-corrected chi connectivity index (χ4v) is 15.1. The smallest absolute Gasteiger partial charge is 0.208 e. The molecule has 3 aromatic heterocycles. The minimum Gasteiger partial charge on any atom is -0.503 e. The van der Waals surface area contributed by atoms with E-state index in [0.29, 0.717) is 11.0 Å². The molecule has 9 heteroatoms. The monoisotopic (exact) mass is 1080 g/mol. The Balaban J connectivity index is 0.958. The van der Waals surface area contributed by atoms with Gasteiger partial charge >= 0.3 is 0 Å². The third kappa shape index (κ3) is 7.06. The van der Waals surface area contributed by atoms with Gasteiger partial charge in [0.2, 0.25) is 17.2 Å². The van der Waals surface area contributed by atoms with E-state index in [1.165, 1.54) is 62.1 Å². The van der Waals surface area contributed by atoms with Gasteiger partial charge in [-0.25, -0.2) is 0 Å². The summed E-state index contributed by atoms with van der Waals surface area (Å²) in [6, 6.07) is 83.8. The molecule has 7 nitrogen and oxygen atoms in total. The van der Waals surface area contributed by atoms with Crippen LogP contribution in [0.25, 0.3) is 134 Å². The normalized spacial score (nSPS) is 12.0. The number of anilines is 3. The van der Waals surface area contributed by atoms with Gasteiger partial charge in [-0.15, -0.1) is 22.7 Å². The molecule has 0 aliphatic carbocycles. The summed E-state index contributed by atoms with van der Waals surface area (Å²) in [6.45, 7) is 0. The average Bonchev–Trinajstić information content (AvgIpc) is 4.41. The van der Waals surface area contributed by atoms with Crippen LogP contribution in [0.3, 0.4) is 0 Å². The maximum atomic E-state index is 11.5. The van der Waals surface area contributed by atoms with Gasteiger partial charge in [-0.2, -0.15) is 0 Å². The number of phenols is 5. The van der Waals surface area contributed by atoms with Crippen molar-refractivity contribution in [2.45, 2.75) is 0 Å². The Morgan fingerprint density at radius 1 is 0.296 bits per heavy atom. The molecule has 0 aliphatic heterocycles. The minimum atomic E-state index is -1.02. The molecule has 81 heavy (non-hydrogen) atoms. The number of benzene rings is 13. The highest BCUT2D eigenvalue weighted by molar-refractivity contribution is 7.27. The van der Waals surface area contributed by atoms with Crippen molar-refractivity contribution in [3.05, 3.63) is 237 Å². The van der Waals surface area contributed by atoms with Crippen molar-refractivity contribution in [3.8, 4) is 67.8 Å². The summed E-state index contributed by atoms with van der Waals surface area (Å²) in [5.74, 6) is -4.47. The summed E-state index contributed by atoms with van der Waals surface area (Å²) in [6.07, 6.45) is 0. The van der Waals surface area contributed by atoms with Gasteiger partial charge in [0.1, 0.15) is 5.69 Å². The lowest BCUT2D eigenvalue weighted by molar-refractivity contribution is 0.327. The minimum absolute atomic E-state index is 0.267. The van der Waals surface area contributed by atoms with Crippen molar-refractivity contribution in [1.82, 2.24) is 4.57 Å². The van der Waals surface area contributed by atoms with Crippen LogP contribution < -0.4 is 4.90 Å². The summed E-state index contributed by atoms with van der Waals surface area (Å²) < 4.78 is 6.67. The molecule has 0 atom stereocenters. The average molecular weight is 1080 g/mol. The van der Waals surface area contributed by atoms with Crippen LogP contribution in [0.4, 0.5) is 17.1 Å². The number of fused-ring (bicyclic) bond motifs is 15. The van der Waals surface area contributed by atoms with Gasteiger partial charge in [-0.05, 0) is 133 Å². The fourth-order valence-electron chi connectivity index (χ4n) is 12.5. The predicted molar refractivity (Wildman–Crippen MR) is 338 cm³/mol. The van der Waals surface area contributed by atoms with E-state index in [0.717, 1.165) is 71.8 Å². The Hall–Kier alpha value is -10.3. The number of para-hydroxylation sites is 1.